The van der Waals surface area contributed by atoms with Gasteiger partial charge in [-0.05, 0) is 62.6 Å². The van der Waals surface area contributed by atoms with Crippen molar-refractivity contribution in [1.82, 2.24) is 9.97 Å². The van der Waals surface area contributed by atoms with Gasteiger partial charge in [0.25, 0.3) is 5.91 Å². The average molecular weight is 351 g/mol. The number of carbonyl (C=O) groups excluding carboxylic acids is 1. The van der Waals surface area contributed by atoms with Crippen molar-refractivity contribution in [2.75, 3.05) is 5.32 Å². The quantitative estimate of drug-likeness (QED) is 0.736. The van der Waals surface area contributed by atoms with Crippen molar-refractivity contribution in [3.63, 3.8) is 0 Å². The van der Waals surface area contributed by atoms with Gasteiger partial charge in [-0.25, -0.2) is 4.98 Å². The molecule has 3 aromatic rings. The largest absolute Gasteiger partial charge is 0.321 e. The lowest BCUT2D eigenvalue weighted by Gasteiger charge is -2.06. The summed E-state index contributed by atoms with van der Waals surface area (Å²) in [6, 6.07) is 11.9. The second-order valence-electron chi connectivity index (χ2n) is 6.17. The molecule has 4 nitrogen and oxygen atoms in total. The van der Waals surface area contributed by atoms with E-state index in [9.17, 15) is 4.79 Å². The number of carbonyl (C=O) groups is 1. The third kappa shape index (κ3) is 4.51. The molecule has 0 aliphatic carbocycles. The molecule has 2 heterocycles. The second-order valence-corrected chi connectivity index (χ2v) is 7.26. The van der Waals surface area contributed by atoms with E-state index >= 15 is 0 Å². The minimum Gasteiger partial charge on any atom is -0.321 e. The highest BCUT2D eigenvalue weighted by Gasteiger charge is 2.16. The van der Waals surface area contributed by atoms with E-state index in [1.165, 1.54) is 11.3 Å². The normalized spacial score (nSPS) is 10.7. The number of thiazole rings is 1. The van der Waals surface area contributed by atoms with Crippen molar-refractivity contribution < 1.29 is 4.79 Å². The number of benzene rings is 1. The van der Waals surface area contributed by atoms with E-state index in [-0.39, 0.29) is 5.91 Å². The highest BCUT2D eigenvalue weighted by molar-refractivity contribution is 7.13. The van der Waals surface area contributed by atoms with Crippen LogP contribution in [0.5, 0.6) is 0 Å². The van der Waals surface area contributed by atoms with Crippen LogP contribution in [0.1, 0.15) is 37.2 Å². The number of hydrogen-bond acceptors (Lipinski definition) is 4. The summed E-state index contributed by atoms with van der Waals surface area (Å²) in [5.74, 6) is -0.0934. The number of amides is 1. The summed E-state index contributed by atoms with van der Waals surface area (Å²) in [5.41, 5.74) is 4.91. The van der Waals surface area contributed by atoms with E-state index in [0.717, 1.165) is 46.1 Å². The van der Waals surface area contributed by atoms with Gasteiger partial charge in [-0.2, -0.15) is 0 Å². The van der Waals surface area contributed by atoms with E-state index in [4.69, 9.17) is 0 Å². The molecule has 0 saturated carbocycles. The summed E-state index contributed by atoms with van der Waals surface area (Å²) >= 11 is 1.46. The molecule has 128 valence electrons. The van der Waals surface area contributed by atoms with Crippen molar-refractivity contribution >= 4 is 22.9 Å². The zero-order valence-corrected chi connectivity index (χ0v) is 15.5. The first-order chi connectivity index (χ1) is 12.0. The van der Waals surface area contributed by atoms with Crippen LogP contribution in [0.25, 0.3) is 0 Å². The monoisotopic (exact) mass is 351 g/mol. The zero-order valence-electron chi connectivity index (χ0n) is 14.7. The van der Waals surface area contributed by atoms with Crippen molar-refractivity contribution in [2.45, 2.75) is 33.6 Å². The molecule has 0 unspecified atom stereocenters. The molecule has 25 heavy (non-hydrogen) atoms. The van der Waals surface area contributed by atoms with E-state index in [2.05, 4.69) is 21.4 Å². The maximum atomic E-state index is 12.6. The SMILES string of the molecule is Cc1cc(C)cc(NC(=O)c2sc(CCc3ccccn3)nc2C)c1. The molecule has 0 spiro atoms. The van der Waals surface area contributed by atoms with Crippen LogP contribution in [0.4, 0.5) is 5.69 Å². The molecule has 0 atom stereocenters. The first-order valence-corrected chi connectivity index (χ1v) is 9.09. The Morgan fingerprint density at radius 3 is 2.52 bits per heavy atom. The van der Waals surface area contributed by atoms with Crippen molar-refractivity contribution in [3.05, 3.63) is 75.0 Å². The van der Waals surface area contributed by atoms with Gasteiger partial charge in [-0.3, -0.25) is 9.78 Å². The Kier molecular flexibility index (Phi) is 5.24. The Hall–Kier alpha value is -2.53. The van der Waals surface area contributed by atoms with E-state index in [1.54, 1.807) is 6.20 Å². The molecule has 1 N–H and O–H groups in total. The summed E-state index contributed by atoms with van der Waals surface area (Å²) in [7, 11) is 0. The molecule has 1 aromatic carbocycles. The van der Waals surface area contributed by atoms with Crippen LogP contribution in [-0.4, -0.2) is 15.9 Å². The van der Waals surface area contributed by atoms with Gasteiger partial charge >= 0.3 is 0 Å². The van der Waals surface area contributed by atoms with Crippen molar-refractivity contribution in [3.8, 4) is 0 Å². The van der Waals surface area contributed by atoms with E-state index in [1.807, 2.05) is 51.1 Å². The standard InChI is InChI=1S/C20H21N3OS/c1-13-10-14(2)12-17(11-13)23-20(24)19-15(3)22-18(25-19)8-7-16-6-4-5-9-21-16/h4-6,9-12H,7-8H2,1-3H3,(H,23,24). The number of pyridine rings is 1. The van der Waals surface area contributed by atoms with Crippen LogP contribution in [0.15, 0.2) is 42.6 Å². The molecular formula is C20H21N3OS. The Morgan fingerprint density at radius 1 is 1.08 bits per heavy atom. The predicted octanol–water partition coefficient (Wildman–Crippen LogP) is 4.50. The van der Waals surface area contributed by atoms with Gasteiger partial charge in [-0.1, -0.05) is 12.1 Å². The maximum Gasteiger partial charge on any atom is 0.267 e. The van der Waals surface area contributed by atoms with E-state index in [0.29, 0.717) is 4.88 Å². The minimum absolute atomic E-state index is 0.0934. The fourth-order valence-electron chi connectivity index (χ4n) is 2.79. The molecule has 0 aliphatic rings. The summed E-state index contributed by atoms with van der Waals surface area (Å²) in [6.07, 6.45) is 3.41. The first-order valence-electron chi connectivity index (χ1n) is 8.27. The predicted molar refractivity (Wildman–Crippen MR) is 102 cm³/mol. The highest BCUT2D eigenvalue weighted by atomic mass is 32.1. The number of nitrogens with zero attached hydrogens (tertiary/aromatic N) is 2. The molecule has 0 radical (unpaired) electrons. The number of anilines is 1. The van der Waals surface area contributed by atoms with Crippen LogP contribution < -0.4 is 5.32 Å². The molecule has 1 amide bonds. The molecule has 5 heteroatoms. The average Bonchev–Trinajstić information content (AvgIpc) is 2.94. The van der Waals surface area contributed by atoms with Gasteiger partial charge in [-0.15, -0.1) is 11.3 Å². The van der Waals surface area contributed by atoms with Crippen LogP contribution in [0.3, 0.4) is 0 Å². The lowest BCUT2D eigenvalue weighted by Crippen LogP contribution is -2.11. The second kappa shape index (κ2) is 7.57. The highest BCUT2D eigenvalue weighted by Crippen LogP contribution is 2.22. The van der Waals surface area contributed by atoms with Crippen LogP contribution in [-0.2, 0) is 12.8 Å². The van der Waals surface area contributed by atoms with Crippen molar-refractivity contribution in [1.29, 1.82) is 0 Å². The number of nitrogens with one attached hydrogen (secondary N) is 1. The molecule has 0 aliphatic heterocycles. The fourth-order valence-corrected chi connectivity index (χ4v) is 3.75. The molecule has 0 bridgehead atoms. The zero-order chi connectivity index (χ0) is 17.8. The first kappa shape index (κ1) is 17.3. The van der Waals surface area contributed by atoms with Gasteiger partial charge in [0.15, 0.2) is 0 Å². The molecule has 3 rings (SSSR count). The number of rotatable bonds is 5. The van der Waals surface area contributed by atoms with E-state index < -0.39 is 0 Å². The topological polar surface area (TPSA) is 54.9 Å². The molecule has 0 saturated heterocycles. The Labute approximate surface area is 152 Å². The Morgan fingerprint density at radius 2 is 1.84 bits per heavy atom. The smallest absolute Gasteiger partial charge is 0.267 e. The van der Waals surface area contributed by atoms with Gasteiger partial charge in [0.05, 0.1) is 10.7 Å². The summed E-state index contributed by atoms with van der Waals surface area (Å²) in [4.78, 5) is 22.1. The summed E-state index contributed by atoms with van der Waals surface area (Å²) in [6.45, 7) is 5.93. The molecule has 2 aromatic heterocycles. The lowest BCUT2D eigenvalue weighted by molar-refractivity contribution is 0.103. The van der Waals surface area contributed by atoms with Gasteiger partial charge in [0.1, 0.15) is 4.88 Å². The Bertz CT molecular complexity index is 867. The van der Waals surface area contributed by atoms with Crippen molar-refractivity contribution in [2.24, 2.45) is 0 Å². The van der Waals surface area contributed by atoms with Crippen LogP contribution >= 0.6 is 11.3 Å². The maximum absolute atomic E-state index is 12.6. The third-order valence-corrected chi connectivity index (χ3v) is 5.06. The molecular weight excluding hydrogens is 330 g/mol. The van der Waals surface area contributed by atoms with Gasteiger partial charge in [0.2, 0.25) is 0 Å². The minimum atomic E-state index is -0.0934. The van der Waals surface area contributed by atoms with Crippen LogP contribution in [0, 0.1) is 20.8 Å². The lowest BCUT2D eigenvalue weighted by atomic mass is 10.1. The van der Waals surface area contributed by atoms with Gasteiger partial charge in [0, 0.05) is 24.0 Å². The fraction of sp³-hybridized carbons (Fsp3) is 0.250. The van der Waals surface area contributed by atoms with Crippen LogP contribution in [0.2, 0.25) is 0 Å². The third-order valence-electron chi connectivity index (χ3n) is 3.85. The number of aromatic nitrogens is 2. The number of aryl methyl sites for hydroxylation is 5. The number of hydrogen-bond donors (Lipinski definition) is 1. The Balaban J connectivity index is 1.69. The molecule has 0 fully saturated rings. The van der Waals surface area contributed by atoms with Gasteiger partial charge < -0.3 is 5.32 Å². The summed E-state index contributed by atoms with van der Waals surface area (Å²) < 4.78 is 0. The summed E-state index contributed by atoms with van der Waals surface area (Å²) in [5, 5.41) is 3.95.